The average molecular weight is 355 g/mol. The molecule has 1 aromatic carbocycles. The molecular formula is C20H30N6. The van der Waals surface area contributed by atoms with Crippen LogP contribution in [0.3, 0.4) is 0 Å². The fourth-order valence-corrected chi connectivity index (χ4v) is 3.07. The van der Waals surface area contributed by atoms with E-state index in [9.17, 15) is 0 Å². The van der Waals surface area contributed by atoms with E-state index in [2.05, 4.69) is 68.2 Å². The predicted molar refractivity (Wildman–Crippen MR) is 110 cm³/mol. The van der Waals surface area contributed by atoms with Gasteiger partial charge in [0.25, 0.3) is 0 Å². The van der Waals surface area contributed by atoms with Crippen molar-refractivity contribution in [3.05, 3.63) is 36.5 Å². The molecule has 140 valence electrons. The summed E-state index contributed by atoms with van der Waals surface area (Å²) in [6.45, 7) is 7.58. The van der Waals surface area contributed by atoms with Crippen LogP contribution in [0.2, 0.25) is 0 Å². The maximum atomic E-state index is 4.63. The number of piperazine rings is 1. The van der Waals surface area contributed by atoms with Gasteiger partial charge < -0.3 is 20.0 Å². The van der Waals surface area contributed by atoms with Gasteiger partial charge in [0.05, 0.1) is 0 Å². The Morgan fingerprint density at radius 3 is 2.50 bits per heavy atom. The molecule has 1 aliphatic rings. The Balaban J connectivity index is 1.62. The van der Waals surface area contributed by atoms with Crippen molar-refractivity contribution >= 4 is 23.1 Å². The quantitative estimate of drug-likeness (QED) is 0.824. The minimum Gasteiger partial charge on any atom is -0.369 e. The van der Waals surface area contributed by atoms with E-state index in [1.54, 1.807) is 0 Å². The third-order valence-electron chi connectivity index (χ3n) is 4.84. The molecule has 1 N–H and O–H groups in total. The van der Waals surface area contributed by atoms with Crippen molar-refractivity contribution in [2.45, 2.75) is 19.8 Å². The number of hydrogen-bond acceptors (Lipinski definition) is 6. The lowest BCUT2D eigenvalue weighted by Gasteiger charge is -2.34. The molecule has 1 fully saturated rings. The molecule has 1 saturated heterocycles. The lowest BCUT2D eigenvalue weighted by atomic mass is 10.2. The summed E-state index contributed by atoms with van der Waals surface area (Å²) in [5, 5.41) is 3.39. The minimum absolute atomic E-state index is 0.762. The van der Waals surface area contributed by atoms with Crippen LogP contribution in [0.1, 0.15) is 19.8 Å². The molecular weight excluding hydrogens is 324 g/mol. The van der Waals surface area contributed by atoms with Crippen LogP contribution in [0.5, 0.6) is 0 Å². The van der Waals surface area contributed by atoms with Crippen LogP contribution < -0.4 is 15.1 Å². The van der Waals surface area contributed by atoms with Gasteiger partial charge in [0.2, 0.25) is 5.95 Å². The van der Waals surface area contributed by atoms with Crippen molar-refractivity contribution in [2.24, 2.45) is 0 Å². The van der Waals surface area contributed by atoms with Crippen LogP contribution in [0.4, 0.5) is 23.1 Å². The zero-order valence-corrected chi connectivity index (χ0v) is 16.1. The molecule has 1 aromatic heterocycles. The van der Waals surface area contributed by atoms with Gasteiger partial charge in [-0.25, -0.2) is 4.98 Å². The zero-order valence-electron chi connectivity index (χ0n) is 16.1. The third-order valence-corrected chi connectivity index (χ3v) is 4.84. The van der Waals surface area contributed by atoms with E-state index in [-0.39, 0.29) is 0 Å². The van der Waals surface area contributed by atoms with Crippen molar-refractivity contribution in [2.75, 3.05) is 61.9 Å². The van der Waals surface area contributed by atoms with E-state index in [1.165, 1.54) is 12.1 Å². The highest BCUT2D eigenvalue weighted by atomic mass is 15.3. The van der Waals surface area contributed by atoms with Crippen LogP contribution in [0, 0.1) is 0 Å². The second kappa shape index (κ2) is 8.85. The molecule has 0 atom stereocenters. The summed E-state index contributed by atoms with van der Waals surface area (Å²) in [6, 6.07) is 10.5. The predicted octanol–water partition coefficient (Wildman–Crippen LogP) is 3.21. The smallest absolute Gasteiger partial charge is 0.227 e. The Morgan fingerprint density at radius 1 is 1.08 bits per heavy atom. The highest BCUT2D eigenvalue weighted by molar-refractivity contribution is 5.61. The first-order valence-electron chi connectivity index (χ1n) is 9.50. The number of anilines is 4. The number of unbranched alkanes of at least 4 members (excludes halogenated alkanes) is 1. The average Bonchev–Trinajstić information content (AvgIpc) is 2.67. The number of rotatable bonds is 7. The SMILES string of the molecule is CCCCN(C)c1nccc(Nc2ccc(N3CCN(C)CC3)cc2)n1. The van der Waals surface area contributed by atoms with Crippen molar-refractivity contribution in [3.8, 4) is 0 Å². The van der Waals surface area contributed by atoms with Gasteiger partial charge in [-0.3, -0.25) is 0 Å². The molecule has 0 spiro atoms. The molecule has 6 heteroatoms. The van der Waals surface area contributed by atoms with E-state index in [1.807, 2.05) is 19.3 Å². The number of hydrogen-bond donors (Lipinski definition) is 1. The number of aromatic nitrogens is 2. The fourth-order valence-electron chi connectivity index (χ4n) is 3.07. The largest absolute Gasteiger partial charge is 0.369 e. The van der Waals surface area contributed by atoms with Gasteiger partial charge in [0.1, 0.15) is 5.82 Å². The second-order valence-corrected chi connectivity index (χ2v) is 6.98. The molecule has 0 radical (unpaired) electrons. The lowest BCUT2D eigenvalue weighted by Crippen LogP contribution is -2.44. The van der Waals surface area contributed by atoms with Crippen LogP contribution in [0.15, 0.2) is 36.5 Å². The molecule has 2 heterocycles. The van der Waals surface area contributed by atoms with E-state index in [0.29, 0.717) is 0 Å². The number of likely N-dealkylation sites (N-methyl/N-ethyl adjacent to an activating group) is 1. The summed E-state index contributed by atoms with van der Waals surface area (Å²) >= 11 is 0. The van der Waals surface area contributed by atoms with E-state index >= 15 is 0 Å². The van der Waals surface area contributed by atoms with Gasteiger partial charge in [0, 0.05) is 57.3 Å². The second-order valence-electron chi connectivity index (χ2n) is 6.98. The number of benzene rings is 1. The first-order valence-corrected chi connectivity index (χ1v) is 9.50. The summed E-state index contributed by atoms with van der Waals surface area (Å²) in [5.74, 6) is 1.59. The first kappa shape index (κ1) is 18.5. The molecule has 6 nitrogen and oxygen atoms in total. The van der Waals surface area contributed by atoms with E-state index in [4.69, 9.17) is 0 Å². The van der Waals surface area contributed by atoms with Crippen molar-refractivity contribution in [1.82, 2.24) is 14.9 Å². The third kappa shape index (κ3) is 4.85. The van der Waals surface area contributed by atoms with Gasteiger partial charge in [-0.2, -0.15) is 4.98 Å². The monoisotopic (exact) mass is 354 g/mol. The van der Waals surface area contributed by atoms with Gasteiger partial charge >= 0.3 is 0 Å². The normalized spacial score (nSPS) is 15.1. The minimum atomic E-state index is 0.762. The summed E-state index contributed by atoms with van der Waals surface area (Å²) in [7, 11) is 4.22. The molecule has 0 amide bonds. The Kier molecular flexibility index (Phi) is 6.28. The lowest BCUT2D eigenvalue weighted by molar-refractivity contribution is 0.313. The van der Waals surface area contributed by atoms with Crippen LogP contribution >= 0.6 is 0 Å². The van der Waals surface area contributed by atoms with Gasteiger partial charge in [0.15, 0.2) is 0 Å². The van der Waals surface area contributed by atoms with Crippen LogP contribution in [-0.2, 0) is 0 Å². The molecule has 2 aromatic rings. The fraction of sp³-hybridized carbons (Fsp3) is 0.500. The van der Waals surface area contributed by atoms with Gasteiger partial charge in [-0.15, -0.1) is 0 Å². The first-order chi connectivity index (χ1) is 12.7. The van der Waals surface area contributed by atoms with Crippen molar-refractivity contribution < 1.29 is 0 Å². The molecule has 3 rings (SSSR count). The summed E-state index contributed by atoms with van der Waals surface area (Å²) in [6.07, 6.45) is 4.12. The van der Waals surface area contributed by atoms with Gasteiger partial charge in [-0.1, -0.05) is 13.3 Å². The standard InChI is InChI=1S/C20H30N6/c1-4-5-12-25(3)20-21-11-10-19(23-20)22-17-6-8-18(9-7-17)26-15-13-24(2)14-16-26/h6-11H,4-5,12-16H2,1-3H3,(H,21,22,23). The Labute approximate surface area is 156 Å². The summed E-state index contributed by atoms with van der Waals surface area (Å²) in [5.41, 5.74) is 2.33. The highest BCUT2D eigenvalue weighted by Crippen LogP contribution is 2.22. The van der Waals surface area contributed by atoms with E-state index < -0.39 is 0 Å². The molecule has 0 aliphatic carbocycles. The maximum absolute atomic E-state index is 4.63. The molecule has 0 saturated carbocycles. The molecule has 0 unspecified atom stereocenters. The van der Waals surface area contributed by atoms with Crippen molar-refractivity contribution in [1.29, 1.82) is 0 Å². The number of nitrogens with zero attached hydrogens (tertiary/aromatic N) is 5. The van der Waals surface area contributed by atoms with Crippen LogP contribution in [-0.4, -0.2) is 61.7 Å². The summed E-state index contributed by atoms with van der Waals surface area (Å²) < 4.78 is 0. The molecule has 1 aliphatic heterocycles. The topological polar surface area (TPSA) is 47.5 Å². The van der Waals surface area contributed by atoms with Crippen molar-refractivity contribution in [3.63, 3.8) is 0 Å². The number of nitrogens with one attached hydrogen (secondary N) is 1. The molecule has 26 heavy (non-hydrogen) atoms. The zero-order chi connectivity index (χ0) is 18.4. The Morgan fingerprint density at radius 2 is 1.81 bits per heavy atom. The molecule has 0 bridgehead atoms. The highest BCUT2D eigenvalue weighted by Gasteiger charge is 2.14. The summed E-state index contributed by atoms with van der Waals surface area (Å²) in [4.78, 5) is 15.9. The Hall–Kier alpha value is -2.34. The Bertz CT molecular complexity index is 679. The van der Waals surface area contributed by atoms with Gasteiger partial charge in [-0.05, 0) is 43.8 Å². The maximum Gasteiger partial charge on any atom is 0.227 e. The van der Waals surface area contributed by atoms with E-state index in [0.717, 1.165) is 56.6 Å². The van der Waals surface area contributed by atoms with Crippen LogP contribution in [0.25, 0.3) is 0 Å².